The molecule has 0 radical (unpaired) electrons. The third-order valence-corrected chi connectivity index (χ3v) is 6.28. The zero-order valence-corrected chi connectivity index (χ0v) is 16.9. The molecule has 4 aromatic rings. The van der Waals surface area contributed by atoms with Crippen molar-refractivity contribution in [2.45, 2.75) is 26.2 Å². The van der Waals surface area contributed by atoms with E-state index in [1.54, 1.807) is 0 Å². The molecule has 2 heterocycles. The van der Waals surface area contributed by atoms with E-state index in [1.165, 1.54) is 22.2 Å². The van der Waals surface area contributed by atoms with Crippen molar-refractivity contribution in [3.05, 3.63) is 69.8 Å². The number of hydrogen-bond donors (Lipinski definition) is 1. The predicted octanol–water partition coefficient (Wildman–Crippen LogP) is 6.68. The van der Waals surface area contributed by atoms with Gasteiger partial charge in [-0.25, -0.2) is 9.97 Å². The molecule has 4 nitrogen and oxygen atoms in total. The summed E-state index contributed by atoms with van der Waals surface area (Å²) in [5.41, 5.74) is 2.39. The molecule has 0 saturated heterocycles. The molecular formula is C22H18ClN3OS. The smallest absolute Gasteiger partial charge is 0.143 e. The van der Waals surface area contributed by atoms with Gasteiger partial charge in [0, 0.05) is 15.6 Å². The fourth-order valence-electron chi connectivity index (χ4n) is 3.57. The summed E-state index contributed by atoms with van der Waals surface area (Å²) < 4.78 is 5.87. The fraction of sp³-hybridized carbons (Fsp3) is 0.182. The molecule has 1 N–H and O–H groups in total. The van der Waals surface area contributed by atoms with E-state index in [0.717, 1.165) is 46.5 Å². The van der Waals surface area contributed by atoms with Gasteiger partial charge in [-0.3, -0.25) is 0 Å². The minimum absolute atomic E-state index is 0.693. The Morgan fingerprint density at radius 2 is 1.68 bits per heavy atom. The average molecular weight is 408 g/mol. The van der Waals surface area contributed by atoms with Crippen LogP contribution in [-0.2, 0) is 12.8 Å². The lowest BCUT2D eigenvalue weighted by Gasteiger charge is -2.10. The first-order valence-electron chi connectivity index (χ1n) is 9.25. The molecule has 5 rings (SSSR count). The first-order chi connectivity index (χ1) is 13.7. The van der Waals surface area contributed by atoms with Crippen molar-refractivity contribution < 1.29 is 4.74 Å². The Bertz CT molecular complexity index is 1150. The third kappa shape index (κ3) is 3.32. The first-order valence-corrected chi connectivity index (χ1v) is 10.4. The Labute approximate surface area is 172 Å². The van der Waals surface area contributed by atoms with Gasteiger partial charge in [0.2, 0.25) is 0 Å². The topological polar surface area (TPSA) is 47.0 Å². The molecule has 0 saturated carbocycles. The molecule has 140 valence electrons. The lowest BCUT2D eigenvalue weighted by molar-refractivity contribution is 0.483. The molecule has 0 aliphatic heterocycles. The van der Waals surface area contributed by atoms with Crippen LogP contribution in [0.25, 0.3) is 10.2 Å². The molecule has 2 aromatic heterocycles. The molecule has 0 amide bonds. The zero-order chi connectivity index (χ0) is 19.1. The van der Waals surface area contributed by atoms with Crippen LogP contribution in [0.4, 0.5) is 11.5 Å². The van der Waals surface area contributed by atoms with Crippen LogP contribution in [0.3, 0.4) is 0 Å². The van der Waals surface area contributed by atoms with Crippen molar-refractivity contribution >= 4 is 44.7 Å². The van der Waals surface area contributed by atoms with Gasteiger partial charge in [0.05, 0.1) is 5.39 Å². The SMILES string of the molecule is Cc1nc(Nc2ccc(Oc3ccc(Cl)cc3)cc2)c2c3c(sc2n1)CCC3. The van der Waals surface area contributed by atoms with Crippen LogP contribution >= 0.6 is 22.9 Å². The number of hydrogen-bond acceptors (Lipinski definition) is 5. The van der Waals surface area contributed by atoms with Gasteiger partial charge >= 0.3 is 0 Å². The Hall–Kier alpha value is -2.63. The van der Waals surface area contributed by atoms with Gasteiger partial charge in [-0.2, -0.15) is 0 Å². The van der Waals surface area contributed by atoms with Crippen LogP contribution in [0.5, 0.6) is 11.5 Å². The number of aryl methyl sites for hydroxylation is 3. The molecule has 0 spiro atoms. The normalized spacial score (nSPS) is 12.9. The number of ether oxygens (including phenoxy) is 1. The number of nitrogens with one attached hydrogen (secondary N) is 1. The maximum absolute atomic E-state index is 5.92. The number of thiophene rings is 1. The third-order valence-electron chi connectivity index (χ3n) is 4.84. The molecule has 2 aromatic carbocycles. The Balaban J connectivity index is 1.41. The summed E-state index contributed by atoms with van der Waals surface area (Å²) in [5.74, 6) is 3.21. The molecule has 0 unspecified atom stereocenters. The minimum atomic E-state index is 0.693. The monoisotopic (exact) mass is 407 g/mol. The number of aromatic nitrogens is 2. The summed E-state index contributed by atoms with van der Waals surface area (Å²) >= 11 is 7.73. The van der Waals surface area contributed by atoms with Gasteiger partial charge in [-0.1, -0.05) is 11.6 Å². The van der Waals surface area contributed by atoms with Crippen molar-refractivity contribution in [2.24, 2.45) is 0 Å². The highest BCUT2D eigenvalue weighted by Gasteiger charge is 2.21. The van der Waals surface area contributed by atoms with Crippen LogP contribution in [-0.4, -0.2) is 9.97 Å². The van der Waals surface area contributed by atoms with Crippen LogP contribution in [0.2, 0.25) is 5.02 Å². The van der Waals surface area contributed by atoms with E-state index in [4.69, 9.17) is 16.3 Å². The van der Waals surface area contributed by atoms with E-state index < -0.39 is 0 Å². The molecule has 6 heteroatoms. The fourth-order valence-corrected chi connectivity index (χ4v) is 5.01. The number of fused-ring (bicyclic) bond motifs is 3. The lowest BCUT2D eigenvalue weighted by Crippen LogP contribution is -1.99. The van der Waals surface area contributed by atoms with Crippen LogP contribution in [0.1, 0.15) is 22.7 Å². The molecule has 0 bridgehead atoms. The van der Waals surface area contributed by atoms with E-state index in [1.807, 2.05) is 66.8 Å². The predicted molar refractivity (Wildman–Crippen MR) is 115 cm³/mol. The summed E-state index contributed by atoms with van der Waals surface area (Å²) in [7, 11) is 0. The number of halogens is 1. The maximum Gasteiger partial charge on any atom is 0.143 e. The van der Waals surface area contributed by atoms with Gasteiger partial charge in [0.1, 0.15) is 28.0 Å². The Morgan fingerprint density at radius 3 is 2.43 bits per heavy atom. The van der Waals surface area contributed by atoms with Gasteiger partial charge < -0.3 is 10.1 Å². The number of anilines is 2. The Kier molecular flexibility index (Phi) is 4.41. The zero-order valence-electron chi connectivity index (χ0n) is 15.3. The van der Waals surface area contributed by atoms with Gasteiger partial charge in [-0.15, -0.1) is 11.3 Å². The summed E-state index contributed by atoms with van der Waals surface area (Å²) in [6.07, 6.45) is 3.50. The average Bonchev–Trinajstić information content (AvgIpc) is 3.26. The molecule has 28 heavy (non-hydrogen) atoms. The highest BCUT2D eigenvalue weighted by molar-refractivity contribution is 7.19. The lowest BCUT2D eigenvalue weighted by atomic mass is 10.2. The second-order valence-electron chi connectivity index (χ2n) is 6.86. The van der Waals surface area contributed by atoms with Crippen LogP contribution in [0.15, 0.2) is 48.5 Å². The highest BCUT2D eigenvalue weighted by atomic mass is 35.5. The van der Waals surface area contributed by atoms with Crippen molar-refractivity contribution in [3.8, 4) is 11.5 Å². The summed E-state index contributed by atoms with van der Waals surface area (Å²) in [6, 6.07) is 15.2. The molecule has 1 aliphatic carbocycles. The number of benzene rings is 2. The number of nitrogens with zero attached hydrogens (tertiary/aromatic N) is 2. The second-order valence-corrected chi connectivity index (χ2v) is 8.38. The first kappa shape index (κ1) is 17.5. The van der Waals surface area contributed by atoms with Crippen molar-refractivity contribution in [2.75, 3.05) is 5.32 Å². The summed E-state index contributed by atoms with van der Waals surface area (Å²) in [5, 5.41) is 5.36. The Morgan fingerprint density at radius 1 is 0.964 bits per heavy atom. The van der Waals surface area contributed by atoms with Gasteiger partial charge in [0.15, 0.2) is 0 Å². The molecule has 0 fully saturated rings. The maximum atomic E-state index is 5.92. The second kappa shape index (κ2) is 7.08. The van der Waals surface area contributed by atoms with Crippen LogP contribution in [0, 0.1) is 6.92 Å². The molecule has 1 aliphatic rings. The van der Waals surface area contributed by atoms with Crippen molar-refractivity contribution in [3.63, 3.8) is 0 Å². The van der Waals surface area contributed by atoms with E-state index in [9.17, 15) is 0 Å². The van der Waals surface area contributed by atoms with E-state index in [-0.39, 0.29) is 0 Å². The largest absolute Gasteiger partial charge is 0.457 e. The summed E-state index contributed by atoms with van der Waals surface area (Å²) in [6.45, 7) is 1.94. The van der Waals surface area contributed by atoms with E-state index >= 15 is 0 Å². The standard InChI is InChI=1S/C22H18ClN3OS/c1-13-24-21(20-18-3-2-4-19(18)28-22(20)25-13)26-15-7-11-17(12-8-15)27-16-9-5-14(23)6-10-16/h5-12H,2-4H2,1H3,(H,24,25,26). The van der Waals surface area contributed by atoms with E-state index in [2.05, 4.69) is 15.3 Å². The van der Waals surface area contributed by atoms with Gasteiger partial charge in [-0.05, 0) is 80.3 Å². The van der Waals surface area contributed by atoms with Crippen LogP contribution < -0.4 is 10.1 Å². The molecule has 0 atom stereocenters. The quantitative estimate of drug-likeness (QED) is 0.410. The number of rotatable bonds is 4. The van der Waals surface area contributed by atoms with Gasteiger partial charge in [0.25, 0.3) is 0 Å². The van der Waals surface area contributed by atoms with Crippen molar-refractivity contribution in [1.82, 2.24) is 9.97 Å². The highest BCUT2D eigenvalue weighted by Crippen LogP contribution is 2.40. The van der Waals surface area contributed by atoms with E-state index in [0.29, 0.717) is 5.02 Å². The minimum Gasteiger partial charge on any atom is -0.457 e. The summed E-state index contributed by atoms with van der Waals surface area (Å²) in [4.78, 5) is 11.9. The molecular weight excluding hydrogens is 390 g/mol. The van der Waals surface area contributed by atoms with Crippen molar-refractivity contribution in [1.29, 1.82) is 0 Å².